The van der Waals surface area contributed by atoms with Crippen molar-refractivity contribution in [1.82, 2.24) is 0 Å². The number of hydrogen-bond donors (Lipinski definition) is 0. The van der Waals surface area contributed by atoms with E-state index in [2.05, 4.69) is 0 Å². The minimum atomic E-state index is -3.47. The van der Waals surface area contributed by atoms with Gasteiger partial charge >= 0.3 is 0 Å². The SMILES string of the molecule is CCCCCS(=O)(=O)CC(=O)c1cc(F)ccc1OC. The van der Waals surface area contributed by atoms with Crippen LogP contribution in [-0.2, 0) is 9.84 Å². The molecule has 112 valence electrons. The number of rotatable bonds is 8. The van der Waals surface area contributed by atoms with Crippen molar-refractivity contribution in [2.45, 2.75) is 26.2 Å². The number of carbonyl (C=O) groups excluding carboxylic acids is 1. The molecule has 0 unspecified atom stereocenters. The molecule has 0 spiro atoms. The molecular weight excluding hydrogens is 283 g/mol. The highest BCUT2D eigenvalue weighted by Crippen LogP contribution is 2.20. The first-order valence-corrected chi connectivity index (χ1v) is 8.29. The minimum absolute atomic E-state index is 0.0236. The Morgan fingerprint density at radius 3 is 2.60 bits per heavy atom. The average molecular weight is 302 g/mol. The van der Waals surface area contributed by atoms with Gasteiger partial charge in [-0.3, -0.25) is 4.79 Å². The van der Waals surface area contributed by atoms with Crippen molar-refractivity contribution < 1.29 is 22.3 Å². The summed E-state index contributed by atoms with van der Waals surface area (Å²) in [5.74, 6) is -1.70. The van der Waals surface area contributed by atoms with Gasteiger partial charge in [0.25, 0.3) is 0 Å². The van der Waals surface area contributed by atoms with Gasteiger partial charge in [-0.05, 0) is 24.6 Å². The lowest BCUT2D eigenvalue weighted by atomic mass is 10.1. The van der Waals surface area contributed by atoms with Crippen LogP contribution >= 0.6 is 0 Å². The first-order valence-electron chi connectivity index (χ1n) is 6.46. The summed E-state index contributed by atoms with van der Waals surface area (Å²) in [4.78, 5) is 12.0. The topological polar surface area (TPSA) is 60.4 Å². The van der Waals surface area contributed by atoms with E-state index in [-0.39, 0.29) is 17.1 Å². The number of sulfone groups is 1. The van der Waals surface area contributed by atoms with Gasteiger partial charge in [0.1, 0.15) is 17.3 Å². The van der Waals surface area contributed by atoms with E-state index >= 15 is 0 Å². The summed E-state index contributed by atoms with van der Waals surface area (Å²) >= 11 is 0. The van der Waals surface area contributed by atoms with Gasteiger partial charge in [0.2, 0.25) is 0 Å². The number of ether oxygens (including phenoxy) is 1. The normalized spacial score (nSPS) is 11.3. The number of ketones is 1. The molecule has 0 aliphatic heterocycles. The number of hydrogen-bond acceptors (Lipinski definition) is 4. The van der Waals surface area contributed by atoms with E-state index < -0.39 is 27.2 Å². The summed E-state index contributed by atoms with van der Waals surface area (Å²) in [5, 5.41) is 0. The van der Waals surface area contributed by atoms with Crippen molar-refractivity contribution in [1.29, 1.82) is 0 Å². The van der Waals surface area contributed by atoms with E-state index in [0.29, 0.717) is 6.42 Å². The quantitative estimate of drug-likeness (QED) is 0.547. The lowest BCUT2D eigenvalue weighted by molar-refractivity contribution is 0.101. The second-order valence-corrected chi connectivity index (χ2v) is 6.75. The standard InChI is InChI=1S/C14H19FO4S/c1-3-4-5-8-20(17,18)10-13(16)12-9-11(15)6-7-14(12)19-2/h6-7,9H,3-5,8,10H2,1-2H3. The van der Waals surface area contributed by atoms with E-state index in [1.807, 2.05) is 6.92 Å². The maximum absolute atomic E-state index is 13.2. The first-order chi connectivity index (χ1) is 9.39. The predicted octanol–water partition coefficient (Wildman–Crippen LogP) is 2.62. The van der Waals surface area contributed by atoms with Crippen molar-refractivity contribution in [2.24, 2.45) is 0 Å². The summed E-state index contributed by atoms with van der Waals surface area (Å²) in [6.45, 7) is 1.97. The molecule has 6 heteroatoms. The molecule has 1 rings (SSSR count). The Labute approximate surface area is 118 Å². The van der Waals surface area contributed by atoms with Crippen LogP contribution in [-0.4, -0.2) is 32.8 Å². The third kappa shape index (κ3) is 4.92. The molecule has 0 N–H and O–H groups in total. The number of halogens is 1. The maximum Gasteiger partial charge on any atom is 0.181 e. The Hall–Kier alpha value is -1.43. The van der Waals surface area contributed by atoms with E-state index in [1.165, 1.54) is 13.2 Å². The second kappa shape index (κ2) is 7.38. The van der Waals surface area contributed by atoms with Gasteiger partial charge in [0.15, 0.2) is 15.6 Å². The minimum Gasteiger partial charge on any atom is -0.496 e. The highest BCUT2D eigenvalue weighted by Gasteiger charge is 2.21. The molecule has 0 saturated heterocycles. The molecule has 0 fully saturated rings. The molecule has 1 aromatic carbocycles. The zero-order chi connectivity index (χ0) is 15.2. The highest BCUT2D eigenvalue weighted by molar-refractivity contribution is 7.92. The zero-order valence-corrected chi connectivity index (χ0v) is 12.5. The van der Waals surface area contributed by atoms with Gasteiger partial charge in [-0.1, -0.05) is 19.8 Å². The van der Waals surface area contributed by atoms with Crippen LogP contribution in [0, 0.1) is 5.82 Å². The smallest absolute Gasteiger partial charge is 0.181 e. The van der Waals surface area contributed by atoms with E-state index in [9.17, 15) is 17.6 Å². The monoisotopic (exact) mass is 302 g/mol. The second-order valence-electron chi connectivity index (χ2n) is 4.57. The van der Waals surface area contributed by atoms with Crippen LogP contribution in [0.4, 0.5) is 4.39 Å². The highest BCUT2D eigenvalue weighted by atomic mass is 32.2. The van der Waals surface area contributed by atoms with Crippen molar-refractivity contribution >= 4 is 15.6 Å². The van der Waals surface area contributed by atoms with Crippen LogP contribution in [0.1, 0.15) is 36.5 Å². The van der Waals surface area contributed by atoms with Crippen molar-refractivity contribution in [3.05, 3.63) is 29.6 Å². The molecule has 0 saturated carbocycles. The fourth-order valence-corrected chi connectivity index (χ4v) is 3.16. The number of methoxy groups -OCH3 is 1. The van der Waals surface area contributed by atoms with Crippen molar-refractivity contribution in [2.75, 3.05) is 18.6 Å². The molecule has 0 aliphatic carbocycles. The molecule has 0 aromatic heterocycles. The van der Waals surface area contributed by atoms with Gasteiger partial charge in [-0.15, -0.1) is 0 Å². The first kappa shape index (κ1) is 16.6. The molecular formula is C14H19FO4S. The molecule has 0 amide bonds. The van der Waals surface area contributed by atoms with Crippen LogP contribution in [0.5, 0.6) is 5.75 Å². The van der Waals surface area contributed by atoms with E-state index in [4.69, 9.17) is 4.74 Å². The Morgan fingerprint density at radius 2 is 2.00 bits per heavy atom. The van der Waals surface area contributed by atoms with Crippen LogP contribution in [0.25, 0.3) is 0 Å². The Morgan fingerprint density at radius 1 is 1.30 bits per heavy atom. The largest absolute Gasteiger partial charge is 0.496 e. The van der Waals surface area contributed by atoms with Gasteiger partial charge in [0, 0.05) is 0 Å². The fraction of sp³-hybridized carbons (Fsp3) is 0.500. The van der Waals surface area contributed by atoms with Gasteiger partial charge < -0.3 is 4.74 Å². The van der Waals surface area contributed by atoms with Gasteiger partial charge in [-0.2, -0.15) is 0 Å². The van der Waals surface area contributed by atoms with Crippen LogP contribution in [0.3, 0.4) is 0 Å². The third-order valence-electron chi connectivity index (χ3n) is 2.87. The van der Waals surface area contributed by atoms with Crippen molar-refractivity contribution in [3.8, 4) is 5.75 Å². The number of benzene rings is 1. The Kier molecular flexibility index (Phi) is 6.13. The molecule has 0 bridgehead atoms. The summed E-state index contributed by atoms with van der Waals surface area (Å²) in [6.07, 6.45) is 2.24. The van der Waals surface area contributed by atoms with Crippen molar-refractivity contribution in [3.63, 3.8) is 0 Å². The Balaban J connectivity index is 2.83. The molecule has 0 aliphatic rings. The average Bonchev–Trinajstić information content (AvgIpc) is 2.38. The third-order valence-corrected chi connectivity index (χ3v) is 4.48. The lowest BCUT2D eigenvalue weighted by Gasteiger charge is -2.08. The molecule has 0 heterocycles. The molecule has 0 atom stereocenters. The van der Waals surface area contributed by atoms with Gasteiger partial charge in [0.05, 0.1) is 18.4 Å². The summed E-state index contributed by atoms with van der Waals surface area (Å²) in [5.41, 5.74) is -0.0356. The molecule has 1 aromatic rings. The van der Waals surface area contributed by atoms with Crippen LogP contribution < -0.4 is 4.74 Å². The zero-order valence-electron chi connectivity index (χ0n) is 11.7. The maximum atomic E-state index is 13.2. The lowest BCUT2D eigenvalue weighted by Crippen LogP contribution is -2.19. The number of carbonyl (C=O) groups is 1. The summed E-state index contributed by atoms with van der Waals surface area (Å²) in [7, 11) is -2.12. The molecule has 20 heavy (non-hydrogen) atoms. The number of Topliss-reactive ketones (excluding diaryl/α,β-unsaturated/α-hetero) is 1. The molecule has 0 radical (unpaired) electrons. The van der Waals surface area contributed by atoms with Crippen LogP contribution in [0.2, 0.25) is 0 Å². The van der Waals surface area contributed by atoms with Crippen LogP contribution in [0.15, 0.2) is 18.2 Å². The number of unbranched alkanes of at least 4 members (excludes halogenated alkanes) is 2. The molecule has 4 nitrogen and oxygen atoms in total. The predicted molar refractivity (Wildman–Crippen MR) is 75.5 cm³/mol. The Bertz CT molecular complexity index is 567. The van der Waals surface area contributed by atoms with E-state index in [0.717, 1.165) is 25.0 Å². The van der Waals surface area contributed by atoms with E-state index in [1.54, 1.807) is 0 Å². The van der Waals surface area contributed by atoms with Gasteiger partial charge in [-0.25, -0.2) is 12.8 Å². The fourth-order valence-electron chi connectivity index (χ4n) is 1.82. The summed E-state index contributed by atoms with van der Waals surface area (Å²) < 4.78 is 41.8. The summed E-state index contributed by atoms with van der Waals surface area (Å²) in [6, 6.07) is 3.47.